The van der Waals surface area contributed by atoms with Crippen molar-refractivity contribution < 1.29 is 9.53 Å². The molecular formula is C20H17BrN2O2. The van der Waals surface area contributed by atoms with Crippen LogP contribution in [-0.2, 0) is 4.79 Å². The zero-order valence-corrected chi connectivity index (χ0v) is 15.2. The van der Waals surface area contributed by atoms with E-state index in [0.29, 0.717) is 5.75 Å². The zero-order valence-electron chi connectivity index (χ0n) is 13.6. The lowest BCUT2D eigenvalue weighted by Gasteiger charge is -2.14. The van der Waals surface area contributed by atoms with Gasteiger partial charge in [0.1, 0.15) is 5.75 Å². The number of hydrogen-bond acceptors (Lipinski definition) is 3. The number of carbonyl (C=O) groups is 1. The van der Waals surface area contributed by atoms with E-state index in [2.05, 4.69) is 26.5 Å². The molecule has 0 radical (unpaired) electrons. The van der Waals surface area contributed by atoms with Gasteiger partial charge >= 0.3 is 0 Å². The fourth-order valence-corrected chi connectivity index (χ4v) is 2.81. The summed E-state index contributed by atoms with van der Waals surface area (Å²) in [6.45, 7) is 1.70. The van der Waals surface area contributed by atoms with E-state index < -0.39 is 6.10 Å². The van der Waals surface area contributed by atoms with Crippen LogP contribution < -0.4 is 10.2 Å². The van der Waals surface area contributed by atoms with Crippen LogP contribution in [0.1, 0.15) is 12.5 Å². The number of amides is 1. The maximum Gasteiger partial charge on any atom is 0.280 e. The van der Waals surface area contributed by atoms with Crippen molar-refractivity contribution in [3.63, 3.8) is 0 Å². The molecule has 5 heteroatoms. The van der Waals surface area contributed by atoms with Gasteiger partial charge in [0.15, 0.2) is 6.10 Å². The fourth-order valence-electron chi connectivity index (χ4n) is 2.39. The number of ether oxygens (including phenoxy) is 1. The van der Waals surface area contributed by atoms with Crippen LogP contribution in [0.5, 0.6) is 5.75 Å². The summed E-state index contributed by atoms with van der Waals surface area (Å²) in [5.74, 6) is 0.371. The van der Waals surface area contributed by atoms with Gasteiger partial charge in [-0.15, -0.1) is 0 Å². The standard InChI is InChI=1S/C20H17BrN2O2/c1-14(20(24)23-22-13-15-6-4-9-17(21)12-15)25-19-11-5-8-16-7-2-3-10-18(16)19/h2-14H,1H3,(H,23,24)/b22-13+. The second kappa shape index (κ2) is 7.94. The smallest absolute Gasteiger partial charge is 0.280 e. The monoisotopic (exact) mass is 396 g/mol. The molecule has 3 aromatic rings. The van der Waals surface area contributed by atoms with Gasteiger partial charge in [0.05, 0.1) is 6.21 Å². The van der Waals surface area contributed by atoms with Gasteiger partial charge in [0.2, 0.25) is 0 Å². The molecule has 1 N–H and O–H groups in total. The van der Waals surface area contributed by atoms with E-state index >= 15 is 0 Å². The number of rotatable bonds is 5. The molecule has 0 aromatic heterocycles. The normalized spacial score (nSPS) is 12.2. The molecule has 1 amide bonds. The second-order valence-corrected chi connectivity index (χ2v) is 6.44. The highest BCUT2D eigenvalue weighted by atomic mass is 79.9. The Labute approximate surface area is 154 Å². The molecule has 1 unspecified atom stereocenters. The van der Waals surface area contributed by atoms with Gasteiger partial charge in [-0.1, -0.05) is 64.5 Å². The minimum atomic E-state index is -0.662. The molecule has 3 aromatic carbocycles. The van der Waals surface area contributed by atoms with Crippen LogP contribution in [0.25, 0.3) is 10.8 Å². The third-order valence-electron chi connectivity index (χ3n) is 3.66. The van der Waals surface area contributed by atoms with Gasteiger partial charge in [-0.2, -0.15) is 5.10 Å². The van der Waals surface area contributed by atoms with Gasteiger partial charge in [0.25, 0.3) is 5.91 Å². The molecule has 0 heterocycles. The van der Waals surface area contributed by atoms with Crippen LogP contribution >= 0.6 is 15.9 Å². The van der Waals surface area contributed by atoms with Crippen molar-refractivity contribution in [3.05, 3.63) is 76.8 Å². The summed E-state index contributed by atoms with van der Waals surface area (Å²) < 4.78 is 6.77. The first-order valence-electron chi connectivity index (χ1n) is 7.86. The Morgan fingerprint density at radius 2 is 1.88 bits per heavy atom. The summed E-state index contributed by atoms with van der Waals surface area (Å²) >= 11 is 3.39. The van der Waals surface area contributed by atoms with Gasteiger partial charge in [-0.3, -0.25) is 4.79 Å². The quantitative estimate of drug-likeness (QED) is 0.509. The van der Waals surface area contributed by atoms with Crippen LogP contribution in [0.15, 0.2) is 76.3 Å². The number of nitrogens with zero attached hydrogens (tertiary/aromatic N) is 1. The number of fused-ring (bicyclic) bond motifs is 1. The number of halogens is 1. The van der Waals surface area contributed by atoms with E-state index in [-0.39, 0.29) is 5.91 Å². The van der Waals surface area contributed by atoms with E-state index in [4.69, 9.17) is 4.74 Å². The Morgan fingerprint density at radius 1 is 1.12 bits per heavy atom. The molecule has 0 aliphatic carbocycles. The summed E-state index contributed by atoms with van der Waals surface area (Å²) in [4.78, 5) is 12.2. The van der Waals surface area contributed by atoms with Crippen LogP contribution in [-0.4, -0.2) is 18.2 Å². The van der Waals surface area contributed by atoms with Crippen molar-refractivity contribution in [2.24, 2.45) is 5.10 Å². The van der Waals surface area contributed by atoms with Gasteiger partial charge in [-0.25, -0.2) is 5.43 Å². The minimum absolute atomic E-state index is 0.306. The Balaban J connectivity index is 1.64. The highest BCUT2D eigenvalue weighted by molar-refractivity contribution is 9.10. The third-order valence-corrected chi connectivity index (χ3v) is 4.15. The van der Waals surface area contributed by atoms with Crippen molar-refractivity contribution in [2.75, 3.05) is 0 Å². The lowest BCUT2D eigenvalue weighted by Crippen LogP contribution is -2.33. The average Bonchev–Trinajstić information content (AvgIpc) is 2.62. The van der Waals surface area contributed by atoms with Crippen molar-refractivity contribution in [1.82, 2.24) is 5.43 Å². The van der Waals surface area contributed by atoms with Crippen molar-refractivity contribution in [1.29, 1.82) is 0 Å². The van der Waals surface area contributed by atoms with Gasteiger partial charge in [-0.05, 0) is 36.1 Å². The van der Waals surface area contributed by atoms with Crippen LogP contribution in [0, 0.1) is 0 Å². The molecule has 0 aliphatic rings. The van der Waals surface area contributed by atoms with Crippen molar-refractivity contribution in [3.8, 4) is 5.75 Å². The third kappa shape index (κ3) is 4.45. The Morgan fingerprint density at radius 3 is 2.72 bits per heavy atom. The summed E-state index contributed by atoms with van der Waals surface area (Å²) in [6, 6.07) is 21.3. The molecule has 0 spiro atoms. The SMILES string of the molecule is CC(Oc1cccc2ccccc12)C(=O)N/N=C/c1cccc(Br)c1. The number of hydrazone groups is 1. The maximum atomic E-state index is 12.2. The summed E-state index contributed by atoms with van der Waals surface area (Å²) in [5.41, 5.74) is 3.40. The molecule has 3 rings (SSSR count). The molecule has 0 saturated carbocycles. The number of carbonyl (C=O) groups excluding carboxylic acids is 1. The van der Waals surface area contributed by atoms with E-state index in [0.717, 1.165) is 20.8 Å². The summed E-state index contributed by atoms with van der Waals surface area (Å²) in [6.07, 6.45) is 0.929. The van der Waals surface area contributed by atoms with Crippen LogP contribution in [0.2, 0.25) is 0 Å². The second-order valence-electron chi connectivity index (χ2n) is 5.53. The highest BCUT2D eigenvalue weighted by Gasteiger charge is 2.15. The summed E-state index contributed by atoms with van der Waals surface area (Å²) in [7, 11) is 0. The molecule has 25 heavy (non-hydrogen) atoms. The number of hydrogen-bond donors (Lipinski definition) is 1. The lowest BCUT2D eigenvalue weighted by atomic mass is 10.1. The van der Waals surface area contributed by atoms with E-state index in [9.17, 15) is 4.79 Å². The van der Waals surface area contributed by atoms with Crippen molar-refractivity contribution in [2.45, 2.75) is 13.0 Å². The summed E-state index contributed by atoms with van der Waals surface area (Å²) in [5, 5.41) is 6.03. The van der Waals surface area contributed by atoms with Gasteiger partial charge in [0, 0.05) is 9.86 Å². The molecule has 0 saturated heterocycles. The molecular weight excluding hydrogens is 380 g/mol. The topological polar surface area (TPSA) is 50.7 Å². The minimum Gasteiger partial charge on any atom is -0.480 e. The zero-order chi connectivity index (χ0) is 17.6. The van der Waals surface area contributed by atoms with E-state index in [1.807, 2.05) is 66.7 Å². The van der Waals surface area contributed by atoms with E-state index in [1.165, 1.54) is 0 Å². The molecule has 0 fully saturated rings. The van der Waals surface area contributed by atoms with Crippen LogP contribution in [0.4, 0.5) is 0 Å². The molecule has 4 nitrogen and oxygen atoms in total. The van der Waals surface area contributed by atoms with Gasteiger partial charge < -0.3 is 4.74 Å². The average molecular weight is 397 g/mol. The van der Waals surface area contributed by atoms with Crippen LogP contribution in [0.3, 0.4) is 0 Å². The number of nitrogens with one attached hydrogen (secondary N) is 1. The fraction of sp³-hybridized carbons (Fsp3) is 0.100. The Kier molecular flexibility index (Phi) is 5.46. The van der Waals surface area contributed by atoms with Crippen molar-refractivity contribution >= 4 is 38.8 Å². The first-order valence-corrected chi connectivity index (χ1v) is 8.66. The number of benzene rings is 3. The predicted molar refractivity (Wildman–Crippen MR) is 104 cm³/mol. The molecule has 0 bridgehead atoms. The molecule has 126 valence electrons. The lowest BCUT2D eigenvalue weighted by molar-refractivity contribution is -0.127. The van der Waals surface area contributed by atoms with E-state index in [1.54, 1.807) is 13.1 Å². The maximum absolute atomic E-state index is 12.2. The first-order chi connectivity index (χ1) is 12.1. The first kappa shape index (κ1) is 17.2. The molecule has 0 aliphatic heterocycles. The molecule has 1 atom stereocenters. The highest BCUT2D eigenvalue weighted by Crippen LogP contribution is 2.26. The predicted octanol–water partition coefficient (Wildman–Crippen LogP) is 4.52. The Hall–Kier alpha value is -2.66. The largest absolute Gasteiger partial charge is 0.480 e. The Bertz CT molecular complexity index is 919.